The van der Waals surface area contributed by atoms with Gasteiger partial charge in [-0.05, 0) is 45.2 Å². The fraction of sp³-hybridized carbons (Fsp3) is 0.588. The van der Waals surface area contributed by atoms with Crippen molar-refractivity contribution < 1.29 is 0 Å². The van der Waals surface area contributed by atoms with Gasteiger partial charge >= 0.3 is 0 Å². The second-order valence-corrected chi connectivity index (χ2v) is 6.67. The summed E-state index contributed by atoms with van der Waals surface area (Å²) in [6.45, 7) is 5.33. The lowest BCUT2D eigenvalue weighted by Crippen LogP contribution is -2.29. The Hall–Kier alpha value is -0.870. The molecular formula is C17H24BrN3. The van der Waals surface area contributed by atoms with Crippen molar-refractivity contribution in [2.75, 3.05) is 11.9 Å². The summed E-state index contributed by atoms with van der Waals surface area (Å²) in [6.07, 6.45) is 5.25. The summed E-state index contributed by atoms with van der Waals surface area (Å²) in [6, 6.07) is 9.37. The predicted molar refractivity (Wildman–Crippen MR) is 91.9 cm³/mol. The minimum Gasteiger partial charge on any atom is -0.294 e. The van der Waals surface area contributed by atoms with Gasteiger partial charge in [0.05, 0.1) is 11.2 Å². The number of rotatable bonds is 6. The number of hydrogen-bond donors (Lipinski definition) is 0. The fourth-order valence-corrected chi connectivity index (χ4v) is 3.81. The van der Waals surface area contributed by atoms with Crippen LogP contribution in [0.15, 0.2) is 24.3 Å². The lowest BCUT2D eigenvalue weighted by molar-refractivity contribution is 0.231. The first kappa shape index (κ1) is 15.0. The summed E-state index contributed by atoms with van der Waals surface area (Å²) in [5, 5.41) is 7.29. The molecule has 1 saturated heterocycles. The van der Waals surface area contributed by atoms with Gasteiger partial charge in [-0.25, -0.2) is 0 Å². The van der Waals surface area contributed by atoms with E-state index in [0.29, 0.717) is 0 Å². The molecule has 1 aromatic carbocycles. The highest BCUT2D eigenvalue weighted by atomic mass is 79.9. The monoisotopic (exact) mass is 349 g/mol. The molecule has 4 heteroatoms. The number of aryl methyl sites for hydroxylation is 1. The predicted octanol–water partition coefficient (Wildman–Crippen LogP) is 4.20. The Kier molecular flexibility index (Phi) is 4.96. The zero-order chi connectivity index (χ0) is 14.7. The number of benzene rings is 1. The maximum Gasteiger partial charge on any atom is 0.0843 e. The Morgan fingerprint density at radius 1 is 1.33 bits per heavy atom. The Morgan fingerprint density at radius 2 is 2.19 bits per heavy atom. The zero-order valence-electron chi connectivity index (χ0n) is 12.8. The van der Waals surface area contributed by atoms with Crippen molar-refractivity contribution in [3.05, 3.63) is 30.0 Å². The number of alkyl halides is 1. The molecule has 21 heavy (non-hydrogen) atoms. The number of nitrogens with zero attached hydrogens (tertiary/aromatic N) is 3. The molecule has 0 bridgehead atoms. The first-order valence-electron chi connectivity index (χ1n) is 8.08. The van der Waals surface area contributed by atoms with Crippen LogP contribution in [0.2, 0.25) is 0 Å². The van der Waals surface area contributed by atoms with E-state index in [4.69, 9.17) is 5.10 Å². The number of hydrogen-bond acceptors (Lipinski definition) is 2. The molecule has 3 rings (SSSR count). The Bertz CT molecular complexity index is 593. The van der Waals surface area contributed by atoms with Crippen LogP contribution in [-0.2, 0) is 13.1 Å². The highest BCUT2D eigenvalue weighted by molar-refractivity contribution is 9.09. The maximum absolute atomic E-state index is 4.85. The molecule has 1 fully saturated rings. The first-order chi connectivity index (χ1) is 10.3. The molecule has 3 nitrogen and oxygen atoms in total. The molecule has 0 N–H and O–H groups in total. The maximum atomic E-state index is 4.85. The van der Waals surface area contributed by atoms with Gasteiger partial charge in [0.15, 0.2) is 0 Å². The van der Waals surface area contributed by atoms with Gasteiger partial charge in [-0.2, -0.15) is 5.10 Å². The summed E-state index contributed by atoms with van der Waals surface area (Å²) < 4.78 is 2.13. The SMILES string of the molecule is CCn1nc(CN2CCCC2CCCBr)c2ccccc21. The molecule has 114 valence electrons. The van der Waals surface area contributed by atoms with Crippen molar-refractivity contribution in [3.8, 4) is 0 Å². The molecule has 0 aliphatic carbocycles. The minimum absolute atomic E-state index is 0.744. The molecule has 2 heterocycles. The van der Waals surface area contributed by atoms with Crippen LogP contribution in [0.5, 0.6) is 0 Å². The standard InChI is InChI=1S/C17H24BrN3/c1-2-21-17-10-4-3-9-15(17)16(19-21)13-20-12-6-8-14(20)7-5-11-18/h3-4,9-10,14H,2,5-8,11-13H2,1H3. The molecule has 1 aromatic heterocycles. The van der Waals surface area contributed by atoms with Crippen molar-refractivity contribution in [3.63, 3.8) is 0 Å². The average Bonchev–Trinajstić information content (AvgIpc) is 3.10. The van der Waals surface area contributed by atoms with Crippen LogP contribution in [0.3, 0.4) is 0 Å². The quantitative estimate of drug-likeness (QED) is 0.728. The van der Waals surface area contributed by atoms with E-state index in [1.807, 2.05) is 0 Å². The number of likely N-dealkylation sites (tertiary alicyclic amines) is 1. The van der Waals surface area contributed by atoms with E-state index >= 15 is 0 Å². The van der Waals surface area contributed by atoms with Gasteiger partial charge in [0.1, 0.15) is 0 Å². The van der Waals surface area contributed by atoms with E-state index < -0.39 is 0 Å². The number of aromatic nitrogens is 2. The Balaban J connectivity index is 1.81. The van der Waals surface area contributed by atoms with Gasteiger partial charge in [0.2, 0.25) is 0 Å². The van der Waals surface area contributed by atoms with Crippen molar-refractivity contribution in [2.45, 2.75) is 51.7 Å². The summed E-state index contributed by atoms with van der Waals surface area (Å²) in [7, 11) is 0. The van der Waals surface area contributed by atoms with Crippen molar-refractivity contribution >= 4 is 26.8 Å². The van der Waals surface area contributed by atoms with Crippen LogP contribution in [0, 0.1) is 0 Å². The van der Waals surface area contributed by atoms with E-state index in [-0.39, 0.29) is 0 Å². The summed E-state index contributed by atoms with van der Waals surface area (Å²) in [5.41, 5.74) is 2.52. The largest absolute Gasteiger partial charge is 0.294 e. The summed E-state index contributed by atoms with van der Waals surface area (Å²) in [5.74, 6) is 0. The van der Waals surface area contributed by atoms with Crippen LogP contribution in [0.4, 0.5) is 0 Å². The van der Waals surface area contributed by atoms with Gasteiger partial charge in [-0.15, -0.1) is 0 Å². The van der Waals surface area contributed by atoms with Gasteiger partial charge in [0, 0.05) is 29.8 Å². The minimum atomic E-state index is 0.744. The van der Waals surface area contributed by atoms with Gasteiger partial charge in [0.25, 0.3) is 0 Å². The van der Waals surface area contributed by atoms with Crippen LogP contribution in [0.25, 0.3) is 10.9 Å². The van der Waals surface area contributed by atoms with E-state index in [1.165, 1.54) is 48.8 Å². The fourth-order valence-electron chi connectivity index (χ4n) is 3.49. The lowest BCUT2D eigenvalue weighted by atomic mass is 10.1. The highest BCUT2D eigenvalue weighted by Gasteiger charge is 2.25. The second-order valence-electron chi connectivity index (χ2n) is 5.88. The third kappa shape index (κ3) is 3.16. The molecule has 0 amide bonds. The molecular weight excluding hydrogens is 326 g/mol. The van der Waals surface area contributed by atoms with Gasteiger partial charge < -0.3 is 0 Å². The molecule has 1 aliphatic rings. The lowest BCUT2D eigenvalue weighted by Gasteiger charge is -2.23. The zero-order valence-corrected chi connectivity index (χ0v) is 14.3. The average molecular weight is 350 g/mol. The van der Waals surface area contributed by atoms with E-state index in [9.17, 15) is 0 Å². The molecule has 0 saturated carbocycles. The topological polar surface area (TPSA) is 21.1 Å². The van der Waals surface area contributed by atoms with Crippen molar-refractivity contribution in [1.29, 1.82) is 0 Å². The number of halogens is 1. The normalized spacial score (nSPS) is 19.6. The molecule has 2 aromatic rings. The van der Waals surface area contributed by atoms with Crippen LogP contribution < -0.4 is 0 Å². The second kappa shape index (κ2) is 6.93. The smallest absolute Gasteiger partial charge is 0.0843 e. The van der Waals surface area contributed by atoms with E-state index in [1.54, 1.807) is 0 Å². The van der Waals surface area contributed by atoms with Crippen LogP contribution in [-0.4, -0.2) is 32.6 Å². The first-order valence-corrected chi connectivity index (χ1v) is 9.20. The molecule has 1 unspecified atom stereocenters. The third-order valence-electron chi connectivity index (χ3n) is 4.56. The number of fused-ring (bicyclic) bond motifs is 1. The molecule has 0 radical (unpaired) electrons. The summed E-state index contributed by atoms with van der Waals surface area (Å²) >= 11 is 3.55. The third-order valence-corrected chi connectivity index (χ3v) is 5.12. The highest BCUT2D eigenvalue weighted by Crippen LogP contribution is 2.26. The van der Waals surface area contributed by atoms with Gasteiger partial charge in [-0.3, -0.25) is 9.58 Å². The summed E-state index contributed by atoms with van der Waals surface area (Å²) in [4.78, 5) is 2.64. The van der Waals surface area contributed by atoms with Gasteiger partial charge in [-0.1, -0.05) is 34.1 Å². The Morgan fingerprint density at radius 3 is 3.00 bits per heavy atom. The van der Waals surface area contributed by atoms with Crippen LogP contribution in [0.1, 0.15) is 38.3 Å². The van der Waals surface area contributed by atoms with E-state index in [0.717, 1.165) is 24.5 Å². The molecule has 1 atom stereocenters. The van der Waals surface area contributed by atoms with Crippen molar-refractivity contribution in [1.82, 2.24) is 14.7 Å². The van der Waals surface area contributed by atoms with Crippen LogP contribution >= 0.6 is 15.9 Å². The molecule has 0 spiro atoms. The van der Waals surface area contributed by atoms with Crippen molar-refractivity contribution in [2.24, 2.45) is 0 Å². The Labute approximate surface area is 135 Å². The molecule has 1 aliphatic heterocycles. The van der Waals surface area contributed by atoms with E-state index in [2.05, 4.69) is 56.7 Å². The number of para-hydroxylation sites is 1.